The normalized spacial score (nSPS) is 13.7. The SMILES string of the molecule is CC(C(=O)N(C)CCOc1cccc(C)c1)=C1CNC1. The van der Waals surface area contributed by atoms with Crippen LogP contribution in [0.25, 0.3) is 0 Å². The average Bonchev–Trinajstić information content (AvgIpc) is 2.35. The smallest absolute Gasteiger partial charge is 0.249 e. The van der Waals surface area contributed by atoms with Crippen molar-refractivity contribution < 1.29 is 9.53 Å². The van der Waals surface area contributed by atoms with Gasteiger partial charge in [0.15, 0.2) is 0 Å². The zero-order valence-electron chi connectivity index (χ0n) is 12.4. The number of hydrogen-bond donors (Lipinski definition) is 1. The number of likely N-dealkylation sites (N-methyl/N-ethyl adjacent to an activating group) is 1. The van der Waals surface area contributed by atoms with E-state index in [1.807, 2.05) is 45.2 Å². The summed E-state index contributed by atoms with van der Waals surface area (Å²) in [6.45, 7) is 6.70. The summed E-state index contributed by atoms with van der Waals surface area (Å²) in [4.78, 5) is 13.9. The van der Waals surface area contributed by atoms with Crippen LogP contribution < -0.4 is 10.1 Å². The van der Waals surface area contributed by atoms with Gasteiger partial charge in [-0.25, -0.2) is 0 Å². The molecule has 4 nitrogen and oxygen atoms in total. The molecule has 1 N–H and O–H groups in total. The van der Waals surface area contributed by atoms with Crippen molar-refractivity contribution in [3.05, 3.63) is 41.0 Å². The Labute approximate surface area is 120 Å². The third kappa shape index (κ3) is 3.61. The van der Waals surface area contributed by atoms with Gasteiger partial charge in [-0.15, -0.1) is 0 Å². The highest BCUT2D eigenvalue weighted by molar-refractivity contribution is 5.93. The van der Waals surface area contributed by atoms with Crippen LogP contribution in [-0.4, -0.2) is 44.1 Å². The van der Waals surface area contributed by atoms with E-state index in [1.165, 1.54) is 11.1 Å². The summed E-state index contributed by atoms with van der Waals surface area (Å²) in [5.74, 6) is 0.943. The highest BCUT2D eigenvalue weighted by Crippen LogP contribution is 2.13. The van der Waals surface area contributed by atoms with Crippen LogP contribution in [0.15, 0.2) is 35.4 Å². The van der Waals surface area contributed by atoms with Crippen molar-refractivity contribution in [1.29, 1.82) is 0 Å². The predicted molar refractivity (Wildman–Crippen MR) is 79.9 cm³/mol. The van der Waals surface area contributed by atoms with Crippen LogP contribution >= 0.6 is 0 Å². The molecule has 0 bridgehead atoms. The maximum absolute atomic E-state index is 12.2. The molecule has 0 aliphatic carbocycles. The number of nitrogens with zero attached hydrogens (tertiary/aromatic N) is 1. The van der Waals surface area contributed by atoms with Crippen molar-refractivity contribution >= 4 is 5.91 Å². The highest BCUT2D eigenvalue weighted by atomic mass is 16.5. The Balaban J connectivity index is 1.80. The topological polar surface area (TPSA) is 41.6 Å². The van der Waals surface area contributed by atoms with Gasteiger partial charge in [0.2, 0.25) is 5.91 Å². The fourth-order valence-electron chi connectivity index (χ4n) is 2.06. The lowest BCUT2D eigenvalue weighted by molar-refractivity contribution is -0.126. The van der Waals surface area contributed by atoms with Crippen LogP contribution in [0.1, 0.15) is 12.5 Å². The van der Waals surface area contributed by atoms with Crippen molar-refractivity contribution in [1.82, 2.24) is 10.2 Å². The van der Waals surface area contributed by atoms with Crippen LogP contribution in [0.5, 0.6) is 5.75 Å². The molecule has 0 atom stereocenters. The number of carbonyl (C=O) groups is 1. The molecule has 1 aromatic rings. The molecule has 1 heterocycles. The molecular formula is C16H22N2O2. The molecule has 0 aromatic heterocycles. The zero-order valence-corrected chi connectivity index (χ0v) is 12.4. The van der Waals surface area contributed by atoms with Gasteiger partial charge in [-0.05, 0) is 37.1 Å². The van der Waals surface area contributed by atoms with E-state index in [0.717, 1.165) is 24.4 Å². The molecule has 0 unspecified atom stereocenters. The monoisotopic (exact) mass is 274 g/mol. The minimum Gasteiger partial charge on any atom is -0.492 e. The average molecular weight is 274 g/mol. The van der Waals surface area contributed by atoms with Crippen LogP contribution in [-0.2, 0) is 4.79 Å². The Hall–Kier alpha value is -1.81. The van der Waals surface area contributed by atoms with Gasteiger partial charge >= 0.3 is 0 Å². The minimum absolute atomic E-state index is 0.0920. The van der Waals surface area contributed by atoms with Crippen LogP contribution in [0.3, 0.4) is 0 Å². The summed E-state index contributed by atoms with van der Waals surface area (Å²) >= 11 is 0. The Bertz CT molecular complexity index is 517. The van der Waals surface area contributed by atoms with Gasteiger partial charge in [0.05, 0.1) is 6.54 Å². The molecule has 0 saturated carbocycles. The summed E-state index contributed by atoms with van der Waals surface area (Å²) in [5.41, 5.74) is 3.24. The number of aryl methyl sites for hydroxylation is 1. The van der Waals surface area contributed by atoms with Crippen molar-refractivity contribution in [3.63, 3.8) is 0 Å². The molecule has 1 amide bonds. The van der Waals surface area contributed by atoms with Crippen LogP contribution in [0, 0.1) is 6.92 Å². The predicted octanol–water partition coefficient (Wildman–Crippen LogP) is 1.75. The number of nitrogens with one attached hydrogen (secondary N) is 1. The summed E-state index contributed by atoms with van der Waals surface area (Å²) in [5, 5.41) is 3.15. The zero-order chi connectivity index (χ0) is 14.5. The lowest BCUT2D eigenvalue weighted by Gasteiger charge is -2.24. The third-order valence-electron chi connectivity index (χ3n) is 3.56. The second-order valence-electron chi connectivity index (χ2n) is 5.22. The van der Waals surface area contributed by atoms with Gasteiger partial charge in [-0.2, -0.15) is 0 Å². The molecule has 4 heteroatoms. The Morgan fingerprint density at radius 2 is 2.15 bits per heavy atom. The fraction of sp³-hybridized carbons (Fsp3) is 0.438. The first kappa shape index (κ1) is 14.6. The first-order valence-corrected chi connectivity index (χ1v) is 6.92. The fourth-order valence-corrected chi connectivity index (χ4v) is 2.06. The number of benzene rings is 1. The van der Waals surface area contributed by atoms with E-state index in [0.29, 0.717) is 13.2 Å². The maximum atomic E-state index is 12.2. The summed E-state index contributed by atoms with van der Waals surface area (Å²) in [6, 6.07) is 7.93. The maximum Gasteiger partial charge on any atom is 0.249 e. The molecule has 1 aliphatic rings. The molecular weight excluding hydrogens is 252 g/mol. The highest BCUT2D eigenvalue weighted by Gasteiger charge is 2.18. The second-order valence-corrected chi connectivity index (χ2v) is 5.22. The quantitative estimate of drug-likeness (QED) is 0.832. The number of rotatable bonds is 5. The molecule has 0 radical (unpaired) electrons. The van der Waals surface area contributed by atoms with Gasteiger partial charge in [-0.1, -0.05) is 12.1 Å². The summed E-state index contributed by atoms with van der Waals surface area (Å²) < 4.78 is 5.67. The van der Waals surface area contributed by atoms with Crippen molar-refractivity contribution in [2.75, 3.05) is 33.3 Å². The Morgan fingerprint density at radius 3 is 2.75 bits per heavy atom. The van der Waals surface area contributed by atoms with Gasteiger partial charge in [-0.3, -0.25) is 4.79 Å². The molecule has 1 aliphatic heterocycles. The molecule has 108 valence electrons. The Morgan fingerprint density at radius 1 is 1.40 bits per heavy atom. The first-order chi connectivity index (χ1) is 9.58. The van der Waals surface area contributed by atoms with E-state index in [4.69, 9.17) is 4.74 Å². The van der Waals surface area contributed by atoms with E-state index >= 15 is 0 Å². The molecule has 1 saturated heterocycles. The van der Waals surface area contributed by atoms with Gasteiger partial charge < -0.3 is 15.0 Å². The van der Waals surface area contributed by atoms with Crippen LogP contribution in [0.2, 0.25) is 0 Å². The van der Waals surface area contributed by atoms with E-state index in [9.17, 15) is 4.79 Å². The molecule has 1 aromatic carbocycles. The van der Waals surface area contributed by atoms with Gasteiger partial charge in [0.1, 0.15) is 12.4 Å². The van der Waals surface area contributed by atoms with E-state index < -0.39 is 0 Å². The van der Waals surface area contributed by atoms with Gasteiger partial charge in [0.25, 0.3) is 0 Å². The summed E-state index contributed by atoms with van der Waals surface area (Å²) in [6.07, 6.45) is 0. The number of hydrogen-bond acceptors (Lipinski definition) is 3. The first-order valence-electron chi connectivity index (χ1n) is 6.92. The van der Waals surface area contributed by atoms with E-state index in [2.05, 4.69) is 5.32 Å². The lowest BCUT2D eigenvalue weighted by Crippen LogP contribution is -2.39. The van der Waals surface area contributed by atoms with Crippen molar-refractivity contribution in [3.8, 4) is 5.75 Å². The number of carbonyl (C=O) groups excluding carboxylic acids is 1. The van der Waals surface area contributed by atoms with Gasteiger partial charge in [0, 0.05) is 25.7 Å². The standard InChI is InChI=1S/C16H22N2O2/c1-12-5-4-6-15(9-12)20-8-7-18(3)16(19)13(2)14-10-17-11-14/h4-6,9,17H,7-8,10-11H2,1-3H3. The van der Waals surface area contributed by atoms with Crippen molar-refractivity contribution in [2.24, 2.45) is 0 Å². The molecule has 1 fully saturated rings. The largest absolute Gasteiger partial charge is 0.492 e. The molecule has 0 spiro atoms. The summed E-state index contributed by atoms with van der Waals surface area (Å²) in [7, 11) is 1.82. The van der Waals surface area contributed by atoms with Crippen LogP contribution in [0.4, 0.5) is 0 Å². The number of amides is 1. The minimum atomic E-state index is 0.0920. The Kier molecular flexibility index (Phi) is 4.79. The number of ether oxygens (including phenoxy) is 1. The van der Waals surface area contributed by atoms with E-state index in [-0.39, 0.29) is 5.91 Å². The lowest BCUT2D eigenvalue weighted by atomic mass is 10.0. The second kappa shape index (κ2) is 6.57. The molecule has 2 rings (SSSR count). The van der Waals surface area contributed by atoms with Crippen molar-refractivity contribution in [2.45, 2.75) is 13.8 Å². The third-order valence-corrected chi connectivity index (χ3v) is 3.56. The molecule has 20 heavy (non-hydrogen) atoms. The van der Waals surface area contributed by atoms with E-state index in [1.54, 1.807) is 4.90 Å².